The standard InChI is InChI=1S/C31H39N3O7/c1-19(2)22(18-35)34-27-29(38)33(17-21-10-6-4-7-11-21)15-9-5-8-12-24(36)32-16-20(3)40-30(39)25-23-13-14-31(27,41-23)26(25)28(34)37/h4-7,9-11,13-14,19-20,22-23,25-27,35H,8,12,15-18H2,1-3H3,(H,32,36)/b9-5-/t20-,22+,23+,25-,26-,27+,31-/m1/s1. The number of amides is 3. The summed E-state index contributed by atoms with van der Waals surface area (Å²) >= 11 is 0. The topological polar surface area (TPSA) is 125 Å². The summed E-state index contributed by atoms with van der Waals surface area (Å²) in [6.07, 6.45) is 6.62. The Morgan fingerprint density at radius 3 is 2.56 bits per heavy atom. The number of rotatable bonds is 5. The molecule has 5 rings (SSSR count). The van der Waals surface area contributed by atoms with E-state index in [0.717, 1.165) is 5.56 Å². The molecule has 10 heteroatoms. The fourth-order valence-corrected chi connectivity index (χ4v) is 6.54. The van der Waals surface area contributed by atoms with E-state index in [-0.39, 0.29) is 50.4 Å². The number of nitrogens with one attached hydrogen (secondary N) is 1. The van der Waals surface area contributed by atoms with E-state index < -0.39 is 53.6 Å². The number of allylic oxidation sites excluding steroid dienone is 1. The summed E-state index contributed by atoms with van der Waals surface area (Å²) in [5.74, 6) is -3.59. The van der Waals surface area contributed by atoms with Gasteiger partial charge in [0.1, 0.15) is 23.7 Å². The molecule has 1 aromatic carbocycles. The number of nitrogens with zero attached hydrogens (tertiary/aromatic N) is 2. The van der Waals surface area contributed by atoms with Gasteiger partial charge in [-0.15, -0.1) is 0 Å². The van der Waals surface area contributed by atoms with Crippen molar-refractivity contribution in [3.63, 3.8) is 0 Å². The number of esters is 1. The van der Waals surface area contributed by atoms with Gasteiger partial charge in [0.2, 0.25) is 17.7 Å². The molecular formula is C31H39N3O7. The average Bonchev–Trinajstić information content (AvgIpc) is 3.59. The van der Waals surface area contributed by atoms with Gasteiger partial charge >= 0.3 is 5.97 Å². The molecule has 0 aromatic heterocycles. The van der Waals surface area contributed by atoms with Crippen molar-refractivity contribution < 1.29 is 33.8 Å². The van der Waals surface area contributed by atoms with Gasteiger partial charge in [0.25, 0.3) is 0 Å². The molecule has 2 N–H and O–H groups in total. The summed E-state index contributed by atoms with van der Waals surface area (Å²) in [7, 11) is 0. The lowest BCUT2D eigenvalue weighted by atomic mass is 9.74. The highest BCUT2D eigenvalue weighted by Crippen LogP contribution is 2.56. The third-order valence-electron chi connectivity index (χ3n) is 8.59. The molecule has 4 heterocycles. The lowest BCUT2D eigenvalue weighted by Gasteiger charge is -2.40. The number of ether oxygens (including phenoxy) is 2. The maximum atomic E-state index is 14.6. The number of benzene rings is 1. The summed E-state index contributed by atoms with van der Waals surface area (Å²) in [6, 6.07) is 7.82. The Balaban J connectivity index is 1.59. The minimum atomic E-state index is -1.37. The van der Waals surface area contributed by atoms with Gasteiger partial charge in [-0.05, 0) is 24.8 Å². The van der Waals surface area contributed by atoms with E-state index in [1.54, 1.807) is 24.0 Å². The number of carbonyl (C=O) groups is 4. The molecule has 5 bridgehead atoms. The van der Waals surface area contributed by atoms with E-state index in [9.17, 15) is 24.3 Å². The molecule has 4 aliphatic heterocycles. The molecule has 41 heavy (non-hydrogen) atoms. The number of aliphatic hydroxyl groups excluding tert-OH is 1. The average molecular weight is 566 g/mol. The van der Waals surface area contributed by atoms with Crippen LogP contribution < -0.4 is 5.32 Å². The van der Waals surface area contributed by atoms with Gasteiger partial charge in [-0.1, -0.05) is 68.5 Å². The highest BCUT2D eigenvalue weighted by atomic mass is 16.6. The third-order valence-corrected chi connectivity index (χ3v) is 8.59. The second-order valence-corrected chi connectivity index (χ2v) is 11.7. The number of likely N-dealkylation sites (tertiary alicyclic amines) is 1. The number of hydrogen-bond donors (Lipinski definition) is 2. The van der Waals surface area contributed by atoms with Crippen molar-refractivity contribution in [1.29, 1.82) is 0 Å². The first-order valence-corrected chi connectivity index (χ1v) is 14.4. The maximum Gasteiger partial charge on any atom is 0.313 e. The molecule has 0 radical (unpaired) electrons. The number of fused-ring (bicyclic) bond motifs is 2. The van der Waals surface area contributed by atoms with Crippen molar-refractivity contribution in [1.82, 2.24) is 15.1 Å². The molecule has 7 atom stereocenters. The Labute approximate surface area is 240 Å². The van der Waals surface area contributed by atoms with Crippen LogP contribution in [-0.4, -0.2) is 88.2 Å². The minimum absolute atomic E-state index is 0.143. The number of carbonyl (C=O) groups excluding carboxylic acids is 4. The van der Waals surface area contributed by atoms with Gasteiger partial charge in [0.05, 0.1) is 31.2 Å². The van der Waals surface area contributed by atoms with Gasteiger partial charge in [0.15, 0.2) is 0 Å². The molecule has 0 aliphatic carbocycles. The number of hydrogen-bond acceptors (Lipinski definition) is 7. The number of cyclic esters (lactones) is 1. The van der Waals surface area contributed by atoms with Crippen LogP contribution in [0.3, 0.4) is 0 Å². The molecule has 1 spiro atoms. The first kappa shape index (κ1) is 29.0. The van der Waals surface area contributed by atoms with Crippen molar-refractivity contribution in [3.8, 4) is 0 Å². The SMILES string of the molecule is CC(C)[C@H](CO)N1C(=O)[C@H]2[C@@H]3C(=O)O[C@H](C)CNC(=O)CC/C=C\CN(Cc4ccccc4)C(=O)[C@H]1[C@@]21C=C[C@@H]3O1. The van der Waals surface area contributed by atoms with E-state index in [0.29, 0.717) is 6.42 Å². The highest BCUT2D eigenvalue weighted by molar-refractivity contribution is 5.99. The zero-order valence-corrected chi connectivity index (χ0v) is 23.8. The van der Waals surface area contributed by atoms with E-state index in [4.69, 9.17) is 9.47 Å². The van der Waals surface area contributed by atoms with E-state index in [1.165, 1.54) is 4.90 Å². The smallest absolute Gasteiger partial charge is 0.313 e. The van der Waals surface area contributed by atoms with Gasteiger partial charge in [-0.3, -0.25) is 19.2 Å². The van der Waals surface area contributed by atoms with Gasteiger partial charge in [-0.25, -0.2) is 0 Å². The van der Waals surface area contributed by atoms with Crippen molar-refractivity contribution in [2.24, 2.45) is 17.8 Å². The second-order valence-electron chi connectivity index (χ2n) is 11.7. The minimum Gasteiger partial charge on any atom is -0.460 e. The largest absolute Gasteiger partial charge is 0.460 e. The van der Waals surface area contributed by atoms with Crippen molar-refractivity contribution in [3.05, 3.63) is 60.2 Å². The molecule has 1 aromatic rings. The Hall–Kier alpha value is -3.50. The van der Waals surface area contributed by atoms with Gasteiger partial charge in [0, 0.05) is 19.5 Å². The van der Waals surface area contributed by atoms with Crippen LogP contribution >= 0.6 is 0 Å². The van der Waals surface area contributed by atoms with Gasteiger partial charge in [-0.2, -0.15) is 0 Å². The van der Waals surface area contributed by atoms with E-state index in [2.05, 4.69) is 5.32 Å². The third kappa shape index (κ3) is 5.30. The fraction of sp³-hybridized carbons (Fsp3) is 0.548. The van der Waals surface area contributed by atoms with Crippen molar-refractivity contribution in [2.75, 3.05) is 19.7 Å². The zero-order valence-electron chi connectivity index (χ0n) is 23.8. The normalized spacial score (nSPS) is 33.6. The van der Waals surface area contributed by atoms with Gasteiger partial charge < -0.3 is 29.7 Å². The van der Waals surface area contributed by atoms with E-state index in [1.807, 2.05) is 56.3 Å². The number of aliphatic hydroxyl groups is 1. The predicted octanol–water partition coefficient (Wildman–Crippen LogP) is 1.58. The fourth-order valence-electron chi connectivity index (χ4n) is 6.54. The Morgan fingerprint density at radius 2 is 1.85 bits per heavy atom. The summed E-state index contributed by atoms with van der Waals surface area (Å²) < 4.78 is 12.1. The quantitative estimate of drug-likeness (QED) is 0.410. The van der Waals surface area contributed by atoms with Crippen LogP contribution in [0.5, 0.6) is 0 Å². The van der Waals surface area contributed by atoms with E-state index >= 15 is 0 Å². The Morgan fingerprint density at radius 1 is 1.10 bits per heavy atom. The summed E-state index contributed by atoms with van der Waals surface area (Å²) in [5, 5.41) is 13.2. The van der Waals surface area contributed by atoms with Crippen molar-refractivity contribution >= 4 is 23.7 Å². The predicted molar refractivity (Wildman–Crippen MR) is 149 cm³/mol. The maximum absolute atomic E-state index is 14.6. The molecule has 2 fully saturated rings. The molecule has 10 nitrogen and oxygen atoms in total. The van der Waals surface area contributed by atoms with Crippen LogP contribution in [0, 0.1) is 17.8 Å². The summed E-state index contributed by atoms with van der Waals surface area (Å²) in [6.45, 7) is 5.79. The van der Waals surface area contributed by atoms with Crippen LogP contribution in [0.4, 0.5) is 0 Å². The first-order valence-electron chi connectivity index (χ1n) is 14.4. The lowest BCUT2D eigenvalue weighted by molar-refractivity contribution is -0.159. The molecule has 0 saturated carbocycles. The van der Waals surface area contributed by atoms with Crippen LogP contribution in [0.2, 0.25) is 0 Å². The van der Waals surface area contributed by atoms with Crippen LogP contribution in [0.25, 0.3) is 0 Å². The highest BCUT2D eigenvalue weighted by Gasteiger charge is 2.74. The Kier molecular flexibility index (Phi) is 8.33. The summed E-state index contributed by atoms with van der Waals surface area (Å²) in [5.41, 5.74) is -0.454. The summed E-state index contributed by atoms with van der Waals surface area (Å²) in [4.78, 5) is 57.9. The molecule has 2 saturated heterocycles. The Bertz CT molecular complexity index is 1230. The second kappa shape index (κ2) is 11.8. The monoisotopic (exact) mass is 565 g/mol. The molecular weight excluding hydrogens is 526 g/mol. The molecule has 4 aliphatic rings. The zero-order chi connectivity index (χ0) is 29.3. The molecule has 220 valence electrons. The molecule has 3 amide bonds. The van der Waals surface area contributed by atoms with Crippen molar-refractivity contribution in [2.45, 2.75) is 70.1 Å². The first-order chi connectivity index (χ1) is 19.7. The van der Waals surface area contributed by atoms with Crippen LogP contribution in [0.15, 0.2) is 54.6 Å². The molecule has 0 unspecified atom stereocenters. The van der Waals surface area contributed by atoms with Crippen LogP contribution in [0.1, 0.15) is 39.2 Å². The van der Waals surface area contributed by atoms with Crippen LogP contribution in [-0.2, 0) is 35.2 Å². The lowest BCUT2D eigenvalue weighted by Crippen LogP contribution is -2.59.